The summed E-state index contributed by atoms with van der Waals surface area (Å²) in [5.41, 5.74) is 1.88. The number of carbonyl (C=O) groups is 1. The second-order valence-electron chi connectivity index (χ2n) is 6.09. The van der Waals surface area contributed by atoms with Crippen LogP contribution in [0.3, 0.4) is 0 Å². The maximum atomic E-state index is 12.8. The molecule has 0 saturated heterocycles. The van der Waals surface area contributed by atoms with Crippen LogP contribution in [0.4, 0.5) is 0 Å². The number of fused-ring (bicyclic) bond motifs is 1. The van der Waals surface area contributed by atoms with Gasteiger partial charge < -0.3 is 4.74 Å². The van der Waals surface area contributed by atoms with Crippen molar-refractivity contribution in [1.82, 2.24) is 4.98 Å². The van der Waals surface area contributed by atoms with Crippen molar-refractivity contribution < 1.29 is 9.53 Å². The molecule has 0 fully saturated rings. The smallest absolute Gasteiger partial charge is 0.340 e. The average molecular weight is 374 g/mol. The van der Waals surface area contributed by atoms with Crippen molar-refractivity contribution in [2.24, 2.45) is 0 Å². The lowest BCUT2D eigenvalue weighted by Crippen LogP contribution is -2.15. The van der Waals surface area contributed by atoms with E-state index in [2.05, 4.69) is 4.98 Å². The average Bonchev–Trinajstić information content (AvgIpc) is 2.72. The van der Waals surface area contributed by atoms with E-state index >= 15 is 0 Å². The maximum absolute atomic E-state index is 12.8. The third-order valence-electron chi connectivity index (χ3n) is 4.37. The highest BCUT2D eigenvalue weighted by atomic mass is 35.5. The van der Waals surface area contributed by atoms with Gasteiger partial charge in [0.05, 0.1) is 16.3 Å². The van der Waals surface area contributed by atoms with Crippen LogP contribution in [0.15, 0.2) is 91.1 Å². The van der Waals surface area contributed by atoms with Gasteiger partial charge in [0.15, 0.2) is 6.10 Å². The van der Waals surface area contributed by atoms with Crippen LogP contribution in [0.2, 0.25) is 5.02 Å². The van der Waals surface area contributed by atoms with Gasteiger partial charge in [0.1, 0.15) is 0 Å². The van der Waals surface area contributed by atoms with Crippen LogP contribution in [-0.4, -0.2) is 11.0 Å². The van der Waals surface area contributed by atoms with E-state index in [0.29, 0.717) is 16.3 Å². The third kappa shape index (κ3) is 3.55. The number of ether oxygens (including phenoxy) is 1. The number of hydrogen-bond donors (Lipinski definition) is 0. The molecular formula is C23H16ClNO2. The summed E-state index contributed by atoms with van der Waals surface area (Å²) in [5, 5.41) is 2.35. The van der Waals surface area contributed by atoms with Crippen LogP contribution in [-0.2, 0) is 4.74 Å². The minimum Gasteiger partial charge on any atom is -0.447 e. The zero-order valence-corrected chi connectivity index (χ0v) is 15.1. The lowest BCUT2D eigenvalue weighted by Gasteiger charge is -2.20. The Morgan fingerprint density at radius 1 is 0.852 bits per heavy atom. The molecule has 0 saturated carbocycles. The molecule has 1 aromatic heterocycles. The summed E-state index contributed by atoms with van der Waals surface area (Å²) in [7, 11) is 0. The molecule has 27 heavy (non-hydrogen) atoms. The van der Waals surface area contributed by atoms with Crippen LogP contribution in [0, 0.1) is 0 Å². The molecule has 4 rings (SSSR count). The minimum atomic E-state index is -0.638. The van der Waals surface area contributed by atoms with E-state index in [1.54, 1.807) is 30.5 Å². The topological polar surface area (TPSA) is 39.2 Å². The fourth-order valence-corrected chi connectivity index (χ4v) is 3.27. The molecule has 0 amide bonds. The summed E-state index contributed by atoms with van der Waals surface area (Å²) in [6, 6.07) is 26.3. The van der Waals surface area contributed by atoms with Gasteiger partial charge >= 0.3 is 5.97 Å². The summed E-state index contributed by atoms with van der Waals surface area (Å²) < 4.78 is 5.91. The second-order valence-corrected chi connectivity index (χ2v) is 6.50. The number of aromatic nitrogens is 1. The predicted octanol–water partition coefficient (Wildman–Crippen LogP) is 5.83. The Balaban J connectivity index is 1.81. The van der Waals surface area contributed by atoms with E-state index in [0.717, 1.165) is 16.3 Å². The third-order valence-corrected chi connectivity index (χ3v) is 4.70. The molecule has 132 valence electrons. The summed E-state index contributed by atoms with van der Waals surface area (Å²) in [6.45, 7) is 0. The van der Waals surface area contributed by atoms with Crippen molar-refractivity contribution in [3.63, 3.8) is 0 Å². The van der Waals surface area contributed by atoms with E-state index < -0.39 is 12.1 Å². The standard InChI is InChI=1S/C23H16ClNO2/c24-20-13-7-6-12-19(20)23(26)27-22(17-9-2-1-3-10-17)21-18-11-5-4-8-16(18)14-15-25-21/h1-15,22H/t22-/m0/s1. The Kier molecular flexibility index (Phi) is 4.86. The molecule has 1 heterocycles. The van der Waals surface area contributed by atoms with Gasteiger partial charge in [0, 0.05) is 11.6 Å². The molecule has 3 nitrogen and oxygen atoms in total. The van der Waals surface area contributed by atoms with Crippen molar-refractivity contribution in [3.05, 3.63) is 113 Å². The molecular weight excluding hydrogens is 358 g/mol. The van der Waals surface area contributed by atoms with E-state index in [1.165, 1.54) is 0 Å². The number of esters is 1. The highest BCUT2D eigenvalue weighted by molar-refractivity contribution is 6.33. The number of nitrogens with zero attached hydrogens (tertiary/aromatic N) is 1. The number of halogens is 1. The summed E-state index contributed by atoms with van der Waals surface area (Å²) in [5.74, 6) is -0.482. The van der Waals surface area contributed by atoms with Crippen molar-refractivity contribution in [1.29, 1.82) is 0 Å². The Morgan fingerprint density at radius 3 is 2.37 bits per heavy atom. The van der Waals surface area contributed by atoms with E-state index in [9.17, 15) is 4.79 Å². The molecule has 1 atom stereocenters. The van der Waals surface area contributed by atoms with Crippen LogP contribution < -0.4 is 0 Å². The van der Waals surface area contributed by atoms with E-state index in [1.807, 2.05) is 60.7 Å². The van der Waals surface area contributed by atoms with Gasteiger partial charge in [-0.25, -0.2) is 4.79 Å². The molecule has 0 radical (unpaired) electrons. The monoisotopic (exact) mass is 373 g/mol. The number of hydrogen-bond acceptors (Lipinski definition) is 3. The predicted molar refractivity (Wildman–Crippen MR) is 107 cm³/mol. The zero-order chi connectivity index (χ0) is 18.6. The summed E-state index contributed by atoms with van der Waals surface area (Å²) in [6.07, 6.45) is 1.10. The molecule has 0 bridgehead atoms. The molecule has 4 heteroatoms. The Bertz CT molecular complexity index is 1090. The van der Waals surface area contributed by atoms with Gasteiger partial charge in [0.25, 0.3) is 0 Å². The number of carbonyl (C=O) groups excluding carboxylic acids is 1. The molecule has 4 aromatic rings. The van der Waals surface area contributed by atoms with E-state index in [4.69, 9.17) is 16.3 Å². The van der Waals surface area contributed by atoms with Gasteiger partial charge in [0.2, 0.25) is 0 Å². The van der Waals surface area contributed by atoms with Gasteiger partial charge in [-0.1, -0.05) is 78.3 Å². The van der Waals surface area contributed by atoms with Gasteiger partial charge in [-0.15, -0.1) is 0 Å². The Morgan fingerprint density at radius 2 is 1.56 bits per heavy atom. The van der Waals surface area contributed by atoms with Crippen LogP contribution in [0.1, 0.15) is 27.7 Å². The summed E-state index contributed by atoms with van der Waals surface area (Å²) in [4.78, 5) is 17.4. The van der Waals surface area contributed by atoms with Gasteiger partial charge in [-0.05, 0) is 29.1 Å². The Hall–Kier alpha value is -3.17. The molecule has 0 aliphatic rings. The van der Waals surface area contributed by atoms with Gasteiger partial charge in [-0.3, -0.25) is 4.98 Å². The van der Waals surface area contributed by atoms with Crippen LogP contribution in [0.5, 0.6) is 0 Å². The highest BCUT2D eigenvalue weighted by Crippen LogP contribution is 2.31. The SMILES string of the molecule is O=C(O[C@@H](c1ccccc1)c1nccc2ccccc12)c1ccccc1Cl. The first-order valence-corrected chi connectivity index (χ1v) is 8.96. The first-order valence-electron chi connectivity index (χ1n) is 8.58. The highest BCUT2D eigenvalue weighted by Gasteiger charge is 2.24. The quantitative estimate of drug-likeness (QED) is 0.422. The normalized spacial score (nSPS) is 11.9. The fourth-order valence-electron chi connectivity index (χ4n) is 3.06. The zero-order valence-electron chi connectivity index (χ0n) is 14.4. The first-order chi connectivity index (χ1) is 13.2. The summed E-state index contributed by atoms with van der Waals surface area (Å²) >= 11 is 6.17. The molecule has 3 aromatic carbocycles. The van der Waals surface area contributed by atoms with Crippen LogP contribution >= 0.6 is 11.6 Å². The molecule has 0 aliphatic carbocycles. The number of pyridine rings is 1. The van der Waals surface area contributed by atoms with E-state index in [-0.39, 0.29) is 0 Å². The lowest BCUT2D eigenvalue weighted by molar-refractivity contribution is 0.0373. The van der Waals surface area contributed by atoms with Crippen LogP contribution in [0.25, 0.3) is 10.8 Å². The molecule has 0 N–H and O–H groups in total. The molecule has 0 aliphatic heterocycles. The largest absolute Gasteiger partial charge is 0.447 e. The minimum absolute atomic E-state index is 0.334. The van der Waals surface area contributed by atoms with Crippen molar-refractivity contribution >= 4 is 28.3 Å². The lowest BCUT2D eigenvalue weighted by atomic mass is 10.0. The van der Waals surface area contributed by atoms with Crippen molar-refractivity contribution in [3.8, 4) is 0 Å². The van der Waals surface area contributed by atoms with Gasteiger partial charge in [-0.2, -0.15) is 0 Å². The number of rotatable bonds is 4. The molecule has 0 unspecified atom stereocenters. The number of benzene rings is 3. The first kappa shape index (κ1) is 17.3. The molecule has 0 spiro atoms. The fraction of sp³-hybridized carbons (Fsp3) is 0.0435. The Labute approximate surface area is 162 Å². The van der Waals surface area contributed by atoms with Crippen molar-refractivity contribution in [2.75, 3.05) is 0 Å². The second kappa shape index (κ2) is 7.60. The van der Waals surface area contributed by atoms with Crippen molar-refractivity contribution in [2.45, 2.75) is 6.10 Å². The maximum Gasteiger partial charge on any atom is 0.340 e.